The van der Waals surface area contributed by atoms with Crippen LogP contribution in [-0.4, -0.2) is 36.5 Å². The third kappa shape index (κ3) is 3.15. The highest BCUT2D eigenvalue weighted by atomic mass is 16.2. The van der Waals surface area contributed by atoms with E-state index in [1.807, 2.05) is 13.0 Å². The standard InChI is InChI=1S/C13H18N4O2/c1-9-10(14)3-2-4-11(9)16-12(18)5-7-17-8-6-15-13(17)19/h2-4H,5-8,14H2,1H3,(H,15,19)(H,16,18). The summed E-state index contributed by atoms with van der Waals surface area (Å²) in [4.78, 5) is 24.8. The minimum Gasteiger partial charge on any atom is -0.398 e. The van der Waals surface area contributed by atoms with Crippen LogP contribution < -0.4 is 16.4 Å². The molecule has 102 valence electrons. The molecule has 0 aromatic heterocycles. The Bertz CT molecular complexity index is 501. The largest absolute Gasteiger partial charge is 0.398 e. The zero-order valence-corrected chi connectivity index (χ0v) is 10.9. The van der Waals surface area contributed by atoms with Gasteiger partial charge < -0.3 is 21.3 Å². The van der Waals surface area contributed by atoms with Crippen LogP contribution in [0, 0.1) is 6.92 Å². The molecule has 0 unspecified atom stereocenters. The lowest BCUT2D eigenvalue weighted by atomic mass is 10.1. The maximum Gasteiger partial charge on any atom is 0.317 e. The van der Waals surface area contributed by atoms with Crippen LogP contribution in [-0.2, 0) is 4.79 Å². The molecule has 4 N–H and O–H groups in total. The second kappa shape index (κ2) is 5.60. The molecular formula is C13H18N4O2. The Morgan fingerprint density at radius 2 is 2.32 bits per heavy atom. The van der Waals surface area contributed by atoms with Crippen molar-refractivity contribution in [2.45, 2.75) is 13.3 Å². The SMILES string of the molecule is Cc1c(N)cccc1NC(=O)CCN1CCNC1=O. The topological polar surface area (TPSA) is 87.5 Å². The van der Waals surface area contributed by atoms with Crippen LogP contribution in [0.4, 0.5) is 16.2 Å². The Kier molecular flexibility index (Phi) is 3.89. The molecule has 3 amide bonds. The molecule has 6 nitrogen and oxygen atoms in total. The molecule has 0 radical (unpaired) electrons. The zero-order chi connectivity index (χ0) is 13.8. The van der Waals surface area contributed by atoms with Gasteiger partial charge >= 0.3 is 6.03 Å². The molecule has 1 aliphatic rings. The maximum atomic E-state index is 11.8. The molecular weight excluding hydrogens is 244 g/mol. The first-order chi connectivity index (χ1) is 9.08. The van der Waals surface area contributed by atoms with Crippen molar-refractivity contribution in [3.05, 3.63) is 23.8 Å². The van der Waals surface area contributed by atoms with Crippen LogP contribution in [0.1, 0.15) is 12.0 Å². The van der Waals surface area contributed by atoms with Gasteiger partial charge in [-0.3, -0.25) is 4.79 Å². The molecule has 1 aromatic rings. The molecule has 1 aliphatic heterocycles. The highest BCUT2D eigenvalue weighted by Crippen LogP contribution is 2.20. The van der Waals surface area contributed by atoms with Crippen LogP contribution in [0.25, 0.3) is 0 Å². The van der Waals surface area contributed by atoms with Crippen LogP contribution in [0.5, 0.6) is 0 Å². The lowest BCUT2D eigenvalue weighted by Crippen LogP contribution is -2.31. The Balaban J connectivity index is 1.87. The van der Waals surface area contributed by atoms with Gasteiger partial charge in [0.25, 0.3) is 0 Å². The smallest absolute Gasteiger partial charge is 0.317 e. The zero-order valence-electron chi connectivity index (χ0n) is 10.9. The lowest BCUT2D eigenvalue weighted by molar-refractivity contribution is -0.116. The highest BCUT2D eigenvalue weighted by Gasteiger charge is 2.19. The third-order valence-corrected chi connectivity index (χ3v) is 3.20. The van der Waals surface area contributed by atoms with Crippen LogP contribution >= 0.6 is 0 Å². The first kappa shape index (κ1) is 13.2. The van der Waals surface area contributed by atoms with E-state index in [4.69, 9.17) is 5.73 Å². The number of hydrogen-bond donors (Lipinski definition) is 3. The molecule has 0 saturated carbocycles. The highest BCUT2D eigenvalue weighted by molar-refractivity contribution is 5.92. The molecule has 0 atom stereocenters. The van der Waals surface area contributed by atoms with Crippen molar-refractivity contribution in [3.63, 3.8) is 0 Å². The molecule has 1 fully saturated rings. The van der Waals surface area contributed by atoms with Crippen LogP contribution in [0.3, 0.4) is 0 Å². The van der Waals surface area contributed by atoms with E-state index in [9.17, 15) is 9.59 Å². The summed E-state index contributed by atoms with van der Waals surface area (Å²) in [5.74, 6) is -0.117. The van der Waals surface area contributed by atoms with E-state index >= 15 is 0 Å². The number of hydrogen-bond acceptors (Lipinski definition) is 3. The second-order valence-corrected chi connectivity index (χ2v) is 4.54. The number of nitrogens with zero attached hydrogens (tertiary/aromatic N) is 1. The third-order valence-electron chi connectivity index (χ3n) is 3.20. The summed E-state index contributed by atoms with van der Waals surface area (Å²) in [5, 5.41) is 5.51. The fourth-order valence-corrected chi connectivity index (χ4v) is 1.96. The van der Waals surface area contributed by atoms with Gasteiger partial charge in [0.05, 0.1) is 0 Å². The number of amides is 3. The normalized spacial score (nSPS) is 14.4. The Labute approximate surface area is 112 Å². The molecule has 0 spiro atoms. The first-order valence-corrected chi connectivity index (χ1v) is 6.25. The summed E-state index contributed by atoms with van der Waals surface area (Å²) in [6.45, 7) is 3.59. The van der Waals surface area contributed by atoms with Crippen LogP contribution in [0.15, 0.2) is 18.2 Å². The van der Waals surface area contributed by atoms with Gasteiger partial charge in [0.15, 0.2) is 0 Å². The second-order valence-electron chi connectivity index (χ2n) is 4.54. The number of urea groups is 1. The summed E-state index contributed by atoms with van der Waals surface area (Å²) in [7, 11) is 0. The lowest BCUT2D eigenvalue weighted by Gasteiger charge is -2.14. The predicted molar refractivity (Wildman–Crippen MR) is 73.8 cm³/mol. The summed E-state index contributed by atoms with van der Waals surface area (Å²) in [5.41, 5.74) is 8.00. The average molecular weight is 262 g/mol. The molecule has 1 aromatic carbocycles. The average Bonchev–Trinajstić information content (AvgIpc) is 2.78. The van der Waals surface area contributed by atoms with E-state index < -0.39 is 0 Å². The summed E-state index contributed by atoms with van der Waals surface area (Å²) in [6, 6.07) is 5.30. The van der Waals surface area contributed by atoms with Crippen molar-refractivity contribution >= 4 is 23.3 Å². The number of carbonyl (C=O) groups is 2. The van der Waals surface area contributed by atoms with Gasteiger partial charge in [-0.2, -0.15) is 0 Å². The molecule has 6 heteroatoms. The van der Waals surface area contributed by atoms with Gasteiger partial charge in [0.1, 0.15) is 0 Å². The van der Waals surface area contributed by atoms with Crippen molar-refractivity contribution in [1.82, 2.24) is 10.2 Å². The van der Waals surface area contributed by atoms with Gasteiger partial charge in [0, 0.05) is 37.4 Å². The van der Waals surface area contributed by atoms with E-state index in [-0.39, 0.29) is 18.4 Å². The van der Waals surface area contributed by atoms with Crippen molar-refractivity contribution in [2.24, 2.45) is 0 Å². The Morgan fingerprint density at radius 1 is 1.53 bits per heavy atom. The van der Waals surface area contributed by atoms with E-state index in [0.717, 1.165) is 11.3 Å². The monoisotopic (exact) mass is 262 g/mol. The minimum absolute atomic E-state index is 0.104. The molecule has 2 rings (SSSR count). The molecule has 1 saturated heterocycles. The summed E-state index contributed by atoms with van der Waals surface area (Å²) < 4.78 is 0. The number of anilines is 2. The quantitative estimate of drug-likeness (QED) is 0.705. The molecule has 1 heterocycles. The van der Waals surface area contributed by atoms with Gasteiger partial charge in [-0.25, -0.2) is 4.79 Å². The summed E-state index contributed by atoms with van der Waals surface area (Å²) in [6.07, 6.45) is 0.279. The Morgan fingerprint density at radius 3 is 3.00 bits per heavy atom. The molecule has 0 bridgehead atoms. The van der Waals surface area contributed by atoms with Crippen molar-refractivity contribution < 1.29 is 9.59 Å². The fraction of sp³-hybridized carbons (Fsp3) is 0.385. The number of nitrogens with one attached hydrogen (secondary N) is 2. The number of benzene rings is 1. The van der Waals surface area contributed by atoms with E-state index in [1.165, 1.54) is 0 Å². The summed E-state index contributed by atoms with van der Waals surface area (Å²) >= 11 is 0. The number of nitrogen functional groups attached to an aromatic ring is 1. The van der Waals surface area contributed by atoms with Crippen LogP contribution in [0.2, 0.25) is 0 Å². The van der Waals surface area contributed by atoms with E-state index in [2.05, 4.69) is 10.6 Å². The van der Waals surface area contributed by atoms with Crippen molar-refractivity contribution in [3.8, 4) is 0 Å². The van der Waals surface area contributed by atoms with Crippen molar-refractivity contribution in [1.29, 1.82) is 0 Å². The van der Waals surface area contributed by atoms with Gasteiger partial charge in [-0.1, -0.05) is 6.07 Å². The van der Waals surface area contributed by atoms with Gasteiger partial charge in [-0.15, -0.1) is 0 Å². The fourth-order valence-electron chi connectivity index (χ4n) is 1.96. The van der Waals surface area contributed by atoms with E-state index in [0.29, 0.717) is 25.3 Å². The van der Waals surface area contributed by atoms with Gasteiger partial charge in [-0.05, 0) is 24.6 Å². The van der Waals surface area contributed by atoms with Gasteiger partial charge in [0.2, 0.25) is 5.91 Å². The maximum absolute atomic E-state index is 11.8. The van der Waals surface area contributed by atoms with E-state index in [1.54, 1.807) is 17.0 Å². The molecule has 19 heavy (non-hydrogen) atoms. The predicted octanol–water partition coefficient (Wildman–Crippen LogP) is 0.931. The number of nitrogens with two attached hydrogens (primary N) is 1. The van der Waals surface area contributed by atoms with Crippen molar-refractivity contribution in [2.75, 3.05) is 30.7 Å². The minimum atomic E-state index is -0.117. The Hall–Kier alpha value is -2.24. The number of rotatable bonds is 4. The number of carbonyl (C=O) groups excluding carboxylic acids is 2. The molecule has 0 aliphatic carbocycles. The first-order valence-electron chi connectivity index (χ1n) is 6.25.